The zero-order valence-electron chi connectivity index (χ0n) is 12.1. The van der Waals surface area contributed by atoms with Crippen LogP contribution in [0.2, 0.25) is 5.15 Å². The van der Waals surface area contributed by atoms with Gasteiger partial charge in [0.25, 0.3) is 6.43 Å². The monoisotopic (exact) mass is 307 g/mol. The van der Waals surface area contributed by atoms with Crippen molar-refractivity contribution in [2.75, 3.05) is 24.6 Å². The predicted octanol–water partition coefficient (Wildman–Crippen LogP) is 2.80. The van der Waals surface area contributed by atoms with E-state index in [1.54, 1.807) is 6.92 Å². The Labute approximate surface area is 122 Å². The molecule has 20 heavy (non-hydrogen) atoms. The molecule has 1 aromatic heterocycles. The number of anilines is 1. The lowest BCUT2D eigenvalue weighted by molar-refractivity contribution is 0.152. The van der Waals surface area contributed by atoms with Crippen molar-refractivity contribution in [2.24, 2.45) is 0 Å². The van der Waals surface area contributed by atoms with E-state index in [1.165, 1.54) is 4.90 Å². The van der Waals surface area contributed by atoms with Gasteiger partial charge in [0.2, 0.25) is 0 Å². The third kappa shape index (κ3) is 4.24. The summed E-state index contributed by atoms with van der Waals surface area (Å²) in [6, 6.07) is 0. The highest BCUT2D eigenvalue weighted by Crippen LogP contribution is 2.28. The Bertz CT molecular complexity index is 464. The van der Waals surface area contributed by atoms with Crippen LogP contribution in [0.5, 0.6) is 0 Å². The maximum Gasteiger partial charge on any atom is 0.255 e. The van der Waals surface area contributed by atoms with E-state index in [1.807, 2.05) is 20.8 Å². The molecule has 1 aromatic rings. The molecule has 1 heterocycles. The minimum atomic E-state index is -2.52. The Morgan fingerprint density at radius 2 is 1.90 bits per heavy atom. The molecular formula is C13H20ClF2N3O. The van der Waals surface area contributed by atoms with Gasteiger partial charge in [-0.3, -0.25) is 0 Å². The van der Waals surface area contributed by atoms with E-state index < -0.39 is 13.0 Å². The van der Waals surface area contributed by atoms with Crippen molar-refractivity contribution in [1.29, 1.82) is 0 Å². The third-order valence-corrected chi connectivity index (χ3v) is 3.13. The number of hydrogen-bond donors (Lipinski definition) is 1. The Kier molecular flexibility index (Phi) is 5.65. The van der Waals surface area contributed by atoms with E-state index in [2.05, 4.69) is 9.97 Å². The van der Waals surface area contributed by atoms with Crippen molar-refractivity contribution < 1.29 is 13.9 Å². The molecule has 114 valence electrons. The van der Waals surface area contributed by atoms with E-state index in [9.17, 15) is 8.78 Å². The van der Waals surface area contributed by atoms with Crippen LogP contribution in [0.25, 0.3) is 0 Å². The molecule has 0 spiro atoms. The molecule has 0 aliphatic rings. The summed E-state index contributed by atoms with van der Waals surface area (Å²) in [6.07, 6.45) is -2.52. The molecule has 0 atom stereocenters. The number of halogens is 3. The van der Waals surface area contributed by atoms with Gasteiger partial charge in [0, 0.05) is 17.5 Å². The molecule has 1 rings (SSSR count). The van der Waals surface area contributed by atoms with Gasteiger partial charge >= 0.3 is 0 Å². The summed E-state index contributed by atoms with van der Waals surface area (Å²) in [5, 5.41) is 9.28. The fourth-order valence-electron chi connectivity index (χ4n) is 1.69. The molecule has 0 fully saturated rings. The quantitative estimate of drug-likeness (QED) is 0.850. The zero-order valence-corrected chi connectivity index (χ0v) is 12.9. The lowest BCUT2D eigenvalue weighted by atomic mass is 9.95. The van der Waals surface area contributed by atoms with Crippen LogP contribution in [0.3, 0.4) is 0 Å². The molecule has 7 heteroatoms. The number of hydrogen-bond acceptors (Lipinski definition) is 4. The molecule has 0 unspecified atom stereocenters. The molecule has 0 aliphatic heterocycles. The lowest BCUT2D eigenvalue weighted by Gasteiger charge is -2.26. The molecule has 0 bridgehead atoms. The van der Waals surface area contributed by atoms with Crippen LogP contribution in [0.15, 0.2) is 0 Å². The molecule has 0 amide bonds. The second kappa shape index (κ2) is 6.63. The van der Waals surface area contributed by atoms with Gasteiger partial charge in [0.1, 0.15) is 16.8 Å². The summed E-state index contributed by atoms with van der Waals surface area (Å²) in [7, 11) is 0. The van der Waals surface area contributed by atoms with Crippen molar-refractivity contribution in [3.8, 4) is 0 Å². The van der Waals surface area contributed by atoms with Gasteiger partial charge in [-0.1, -0.05) is 32.4 Å². The maximum atomic E-state index is 12.7. The zero-order chi connectivity index (χ0) is 15.5. The Morgan fingerprint density at radius 3 is 2.35 bits per heavy atom. The van der Waals surface area contributed by atoms with Crippen molar-refractivity contribution in [2.45, 2.75) is 39.5 Å². The minimum Gasteiger partial charge on any atom is -0.395 e. The first-order chi connectivity index (χ1) is 9.16. The standard InChI is InChI=1S/C13H20ClF2N3O/c1-8-10(14)17-12(13(2,3)4)18-11(8)19(5-6-20)7-9(15)16/h9,20H,5-7H2,1-4H3. The minimum absolute atomic E-state index is 0.0715. The average Bonchev–Trinajstić information content (AvgIpc) is 2.30. The van der Waals surface area contributed by atoms with Gasteiger partial charge in [-0.15, -0.1) is 0 Å². The van der Waals surface area contributed by atoms with Crippen molar-refractivity contribution in [3.05, 3.63) is 16.5 Å². The van der Waals surface area contributed by atoms with E-state index in [-0.39, 0.29) is 23.7 Å². The van der Waals surface area contributed by atoms with E-state index in [0.717, 1.165) is 0 Å². The highest BCUT2D eigenvalue weighted by molar-refractivity contribution is 6.30. The molecule has 0 radical (unpaired) electrons. The predicted molar refractivity (Wildman–Crippen MR) is 75.8 cm³/mol. The van der Waals surface area contributed by atoms with Crippen LogP contribution >= 0.6 is 11.6 Å². The number of nitrogens with zero attached hydrogens (tertiary/aromatic N) is 3. The fraction of sp³-hybridized carbons (Fsp3) is 0.692. The number of aromatic nitrogens is 2. The van der Waals surface area contributed by atoms with Gasteiger partial charge in [-0.2, -0.15) is 0 Å². The summed E-state index contributed by atoms with van der Waals surface area (Å²) in [5.41, 5.74) is 0.190. The molecule has 0 aliphatic carbocycles. The number of alkyl halides is 2. The average molecular weight is 308 g/mol. The summed E-state index contributed by atoms with van der Waals surface area (Å²) in [5.74, 6) is 0.838. The van der Waals surface area contributed by atoms with Crippen LogP contribution in [-0.4, -0.2) is 41.2 Å². The highest BCUT2D eigenvalue weighted by atomic mass is 35.5. The van der Waals surface area contributed by atoms with Crippen LogP contribution in [0.1, 0.15) is 32.2 Å². The maximum absolute atomic E-state index is 12.7. The van der Waals surface area contributed by atoms with Crippen molar-refractivity contribution in [3.63, 3.8) is 0 Å². The molecule has 0 aromatic carbocycles. The summed E-state index contributed by atoms with van der Waals surface area (Å²) in [6.45, 7) is 6.77. The first-order valence-corrected chi connectivity index (χ1v) is 6.73. The number of aliphatic hydroxyl groups excluding tert-OH is 1. The lowest BCUT2D eigenvalue weighted by Crippen LogP contribution is -2.34. The van der Waals surface area contributed by atoms with Crippen molar-refractivity contribution in [1.82, 2.24) is 9.97 Å². The SMILES string of the molecule is Cc1c(Cl)nc(C(C)(C)C)nc1N(CCO)CC(F)F. The molecule has 1 N–H and O–H groups in total. The molecule has 0 saturated heterocycles. The van der Waals surface area contributed by atoms with E-state index >= 15 is 0 Å². The summed E-state index contributed by atoms with van der Waals surface area (Å²) in [4.78, 5) is 9.90. The summed E-state index contributed by atoms with van der Waals surface area (Å²) < 4.78 is 25.3. The second-order valence-corrected chi connectivity index (χ2v) is 5.96. The number of aliphatic hydroxyl groups is 1. The Morgan fingerprint density at radius 1 is 1.30 bits per heavy atom. The summed E-state index contributed by atoms with van der Waals surface area (Å²) >= 11 is 6.08. The normalized spacial score (nSPS) is 12.1. The van der Waals surface area contributed by atoms with E-state index in [4.69, 9.17) is 16.7 Å². The Balaban J connectivity index is 3.28. The van der Waals surface area contributed by atoms with Gasteiger partial charge < -0.3 is 10.0 Å². The topological polar surface area (TPSA) is 49.2 Å². The third-order valence-electron chi connectivity index (χ3n) is 2.76. The first-order valence-electron chi connectivity index (χ1n) is 6.35. The van der Waals surface area contributed by atoms with Gasteiger partial charge in [-0.25, -0.2) is 18.7 Å². The van der Waals surface area contributed by atoms with Crippen molar-refractivity contribution >= 4 is 17.4 Å². The number of rotatable bonds is 5. The van der Waals surface area contributed by atoms with E-state index in [0.29, 0.717) is 17.2 Å². The Hall–Kier alpha value is -1.01. The van der Waals surface area contributed by atoms with Crippen LogP contribution in [0.4, 0.5) is 14.6 Å². The van der Waals surface area contributed by atoms with Gasteiger partial charge in [0.15, 0.2) is 0 Å². The molecule has 4 nitrogen and oxygen atoms in total. The fourth-order valence-corrected chi connectivity index (χ4v) is 1.86. The molecule has 0 saturated carbocycles. The van der Waals surface area contributed by atoms with Crippen LogP contribution in [0, 0.1) is 6.92 Å². The molecular weight excluding hydrogens is 288 g/mol. The smallest absolute Gasteiger partial charge is 0.255 e. The largest absolute Gasteiger partial charge is 0.395 e. The van der Waals surface area contributed by atoms with Gasteiger partial charge in [0.05, 0.1) is 13.2 Å². The van der Waals surface area contributed by atoms with Crippen LogP contribution in [-0.2, 0) is 5.41 Å². The van der Waals surface area contributed by atoms with Crippen LogP contribution < -0.4 is 4.90 Å². The van der Waals surface area contributed by atoms with Gasteiger partial charge in [-0.05, 0) is 6.92 Å². The second-order valence-electron chi connectivity index (χ2n) is 5.60. The highest BCUT2D eigenvalue weighted by Gasteiger charge is 2.24. The first kappa shape index (κ1) is 17.0.